The van der Waals surface area contributed by atoms with Crippen molar-refractivity contribution in [2.75, 3.05) is 7.11 Å². The largest absolute Gasteiger partial charge is 0.497 e. The monoisotopic (exact) mass is 247 g/mol. The van der Waals surface area contributed by atoms with Crippen LogP contribution >= 0.6 is 0 Å². The van der Waals surface area contributed by atoms with Crippen molar-refractivity contribution >= 4 is 0 Å². The molecule has 0 amide bonds. The summed E-state index contributed by atoms with van der Waals surface area (Å²) in [5, 5.41) is 0. The Hall–Kier alpha value is -1.02. The fraction of sp³-hybridized carbons (Fsp3) is 0.625. The summed E-state index contributed by atoms with van der Waals surface area (Å²) in [6, 6.07) is 8.39. The Morgan fingerprint density at radius 1 is 1.06 bits per heavy atom. The van der Waals surface area contributed by atoms with Crippen molar-refractivity contribution in [3.8, 4) is 5.75 Å². The maximum atomic E-state index is 6.44. The van der Waals surface area contributed by atoms with Gasteiger partial charge in [0.25, 0.3) is 0 Å². The maximum Gasteiger partial charge on any atom is 0.118 e. The molecule has 18 heavy (non-hydrogen) atoms. The lowest BCUT2D eigenvalue weighted by Gasteiger charge is -2.35. The molecule has 2 nitrogen and oxygen atoms in total. The van der Waals surface area contributed by atoms with Crippen LogP contribution in [0.4, 0.5) is 0 Å². The average molecular weight is 247 g/mol. The maximum absolute atomic E-state index is 6.44. The second kappa shape index (κ2) is 5.75. The summed E-state index contributed by atoms with van der Waals surface area (Å²) in [5.41, 5.74) is 7.68. The number of methoxy groups -OCH3 is 1. The Kier molecular flexibility index (Phi) is 4.28. The molecule has 2 rings (SSSR count). The SMILES string of the molecule is COc1ccc(C(N)C2CC(C)CC(C)C2)cc1. The van der Waals surface area contributed by atoms with Crippen molar-refractivity contribution in [1.29, 1.82) is 0 Å². The Morgan fingerprint density at radius 3 is 2.11 bits per heavy atom. The van der Waals surface area contributed by atoms with E-state index in [1.54, 1.807) is 7.11 Å². The van der Waals surface area contributed by atoms with Crippen molar-refractivity contribution in [1.82, 2.24) is 0 Å². The topological polar surface area (TPSA) is 35.2 Å². The van der Waals surface area contributed by atoms with Crippen molar-refractivity contribution in [2.45, 2.75) is 39.2 Å². The van der Waals surface area contributed by atoms with E-state index in [-0.39, 0.29) is 6.04 Å². The number of hydrogen-bond donors (Lipinski definition) is 1. The van der Waals surface area contributed by atoms with E-state index in [0.29, 0.717) is 5.92 Å². The van der Waals surface area contributed by atoms with Gasteiger partial charge in [-0.2, -0.15) is 0 Å². The first-order chi connectivity index (χ1) is 8.60. The van der Waals surface area contributed by atoms with Gasteiger partial charge in [0.15, 0.2) is 0 Å². The molecule has 100 valence electrons. The van der Waals surface area contributed by atoms with Crippen LogP contribution in [0.3, 0.4) is 0 Å². The molecule has 0 aliphatic heterocycles. The number of ether oxygens (including phenoxy) is 1. The van der Waals surface area contributed by atoms with Crippen molar-refractivity contribution in [3.05, 3.63) is 29.8 Å². The van der Waals surface area contributed by atoms with Crippen LogP contribution in [-0.4, -0.2) is 7.11 Å². The minimum absolute atomic E-state index is 0.168. The van der Waals surface area contributed by atoms with Gasteiger partial charge in [0.05, 0.1) is 7.11 Å². The van der Waals surface area contributed by atoms with Crippen molar-refractivity contribution in [3.63, 3.8) is 0 Å². The van der Waals surface area contributed by atoms with Gasteiger partial charge in [0.1, 0.15) is 5.75 Å². The number of benzene rings is 1. The lowest BCUT2D eigenvalue weighted by molar-refractivity contribution is 0.193. The molecule has 3 atom stereocenters. The van der Waals surface area contributed by atoms with Crippen LogP contribution in [0.25, 0.3) is 0 Å². The highest BCUT2D eigenvalue weighted by Gasteiger charge is 2.28. The van der Waals surface area contributed by atoms with Gasteiger partial charge in [-0.3, -0.25) is 0 Å². The lowest BCUT2D eigenvalue weighted by atomic mass is 9.72. The minimum atomic E-state index is 0.168. The third-order valence-corrected chi connectivity index (χ3v) is 4.22. The lowest BCUT2D eigenvalue weighted by Crippen LogP contribution is -2.29. The van der Waals surface area contributed by atoms with E-state index in [9.17, 15) is 0 Å². The molecule has 1 saturated carbocycles. The predicted molar refractivity (Wildman–Crippen MR) is 75.6 cm³/mol. The van der Waals surface area contributed by atoms with E-state index < -0.39 is 0 Å². The zero-order chi connectivity index (χ0) is 13.1. The second-order valence-corrected chi connectivity index (χ2v) is 5.98. The normalized spacial score (nSPS) is 29.9. The smallest absolute Gasteiger partial charge is 0.118 e. The quantitative estimate of drug-likeness (QED) is 0.882. The molecule has 1 aliphatic carbocycles. The second-order valence-electron chi connectivity index (χ2n) is 5.98. The Morgan fingerprint density at radius 2 is 1.61 bits per heavy atom. The molecule has 0 heterocycles. The molecule has 2 N–H and O–H groups in total. The Bertz CT molecular complexity index is 363. The van der Waals surface area contributed by atoms with E-state index in [0.717, 1.165) is 17.6 Å². The molecule has 1 aromatic rings. The first-order valence-electron chi connectivity index (χ1n) is 6.99. The van der Waals surface area contributed by atoms with Gasteiger partial charge in [-0.05, 0) is 54.7 Å². The zero-order valence-corrected chi connectivity index (χ0v) is 11.7. The summed E-state index contributed by atoms with van der Waals surface area (Å²) in [6.45, 7) is 4.70. The first kappa shape index (κ1) is 13.4. The summed E-state index contributed by atoms with van der Waals surface area (Å²) >= 11 is 0. The van der Waals surface area contributed by atoms with Crippen LogP contribution in [-0.2, 0) is 0 Å². The predicted octanol–water partition coefficient (Wildman–Crippen LogP) is 3.77. The number of hydrogen-bond acceptors (Lipinski definition) is 2. The number of nitrogens with two attached hydrogens (primary N) is 1. The fourth-order valence-corrected chi connectivity index (χ4v) is 3.40. The molecule has 0 saturated heterocycles. The minimum Gasteiger partial charge on any atom is -0.497 e. The Balaban J connectivity index is 2.07. The highest BCUT2D eigenvalue weighted by atomic mass is 16.5. The molecule has 2 heteroatoms. The summed E-state index contributed by atoms with van der Waals surface area (Å²) in [5.74, 6) is 3.14. The van der Waals surface area contributed by atoms with Crippen molar-refractivity contribution < 1.29 is 4.74 Å². The van der Waals surface area contributed by atoms with Gasteiger partial charge in [0.2, 0.25) is 0 Å². The highest BCUT2D eigenvalue weighted by molar-refractivity contribution is 5.29. The van der Waals surface area contributed by atoms with Gasteiger partial charge in [-0.15, -0.1) is 0 Å². The standard InChI is InChI=1S/C16H25NO/c1-11-8-12(2)10-14(9-11)16(17)13-4-6-15(18-3)7-5-13/h4-7,11-12,14,16H,8-10,17H2,1-3H3. The van der Waals surface area contributed by atoms with Crippen molar-refractivity contribution in [2.24, 2.45) is 23.5 Å². The average Bonchev–Trinajstić information content (AvgIpc) is 2.37. The van der Waals surface area contributed by atoms with Crippen LogP contribution in [0.5, 0.6) is 5.75 Å². The van der Waals surface area contributed by atoms with Gasteiger partial charge >= 0.3 is 0 Å². The zero-order valence-electron chi connectivity index (χ0n) is 11.7. The molecule has 1 aromatic carbocycles. The van der Waals surface area contributed by atoms with E-state index in [1.165, 1.54) is 24.8 Å². The molecule has 0 aromatic heterocycles. The van der Waals surface area contributed by atoms with Gasteiger partial charge in [-0.1, -0.05) is 26.0 Å². The number of rotatable bonds is 3. The molecule has 0 radical (unpaired) electrons. The van der Waals surface area contributed by atoms with Crippen LogP contribution in [0.2, 0.25) is 0 Å². The van der Waals surface area contributed by atoms with E-state index in [4.69, 9.17) is 10.5 Å². The van der Waals surface area contributed by atoms with Gasteiger partial charge in [-0.25, -0.2) is 0 Å². The molecular formula is C16H25NO. The van der Waals surface area contributed by atoms with Crippen LogP contribution in [0.15, 0.2) is 24.3 Å². The summed E-state index contributed by atoms with van der Waals surface area (Å²) in [7, 11) is 1.69. The van der Waals surface area contributed by atoms with Gasteiger partial charge in [0, 0.05) is 6.04 Å². The van der Waals surface area contributed by atoms with Crippen LogP contribution < -0.4 is 10.5 Å². The molecule has 1 aliphatic rings. The third kappa shape index (κ3) is 3.05. The molecule has 0 bridgehead atoms. The molecule has 0 spiro atoms. The summed E-state index contributed by atoms with van der Waals surface area (Å²) in [6.07, 6.45) is 3.88. The highest BCUT2D eigenvalue weighted by Crippen LogP contribution is 2.38. The van der Waals surface area contributed by atoms with Crippen LogP contribution in [0.1, 0.15) is 44.7 Å². The van der Waals surface area contributed by atoms with Gasteiger partial charge < -0.3 is 10.5 Å². The summed E-state index contributed by atoms with van der Waals surface area (Å²) in [4.78, 5) is 0. The Labute approximate surface area is 111 Å². The molecule has 3 unspecified atom stereocenters. The van der Waals surface area contributed by atoms with E-state index in [1.807, 2.05) is 12.1 Å². The fourth-order valence-electron chi connectivity index (χ4n) is 3.40. The first-order valence-corrected chi connectivity index (χ1v) is 6.99. The molecule has 1 fully saturated rings. The molecular weight excluding hydrogens is 222 g/mol. The summed E-state index contributed by atoms with van der Waals surface area (Å²) < 4.78 is 5.19. The third-order valence-electron chi connectivity index (χ3n) is 4.22. The van der Waals surface area contributed by atoms with E-state index >= 15 is 0 Å². The van der Waals surface area contributed by atoms with Crippen LogP contribution in [0, 0.1) is 17.8 Å². The van der Waals surface area contributed by atoms with E-state index in [2.05, 4.69) is 26.0 Å².